The highest BCUT2D eigenvalue weighted by molar-refractivity contribution is 5.71. The predicted molar refractivity (Wildman–Crippen MR) is 298 cm³/mol. The minimum atomic E-state index is -0.763. The fourth-order valence-corrected chi connectivity index (χ4v) is 9.76. The molecular formula is C63H122O6. The average molecular weight is 976 g/mol. The lowest BCUT2D eigenvalue weighted by atomic mass is 10.0. The third-order valence-corrected chi connectivity index (χ3v) is 14.5. The molecule has 0 aromatic heterocycles. The Morgan fingerprint density at radius 2 is 0.478 bits per heavy atom. The van der Waals surface area contributed by atoms with Crippen LogP contribution in [0.1, 0.15) is 356 Å². The van der Waals surface area contributed by atoms with Crippen molar-refractivity contribution in [2.24, 2.45) is 11.8 Å². The van der Waals surface area contributed by atoms with Crippen molar-refractivity contribution in [2.75, 3.05) is 13.2 Å². The number of hydrogen-bond acceptors (Lipinski definition) is 6. The molecule has 0 N–H and O–H groups in total. The Morgan fingerprint density at radius 1 is 0.275 bits per heavy atom. The molecule has 0 aromatic rings. The van der Waals surface area contributed by atoms with Gasteiger partial charge in [-0.1, -0.05) is 317 Å². The SMILES string of the molecule is CCCCCCCCCCCCCCCCCC(=O)OC[C@@H](COC(=O)CCCCCCCCCCCCCCC(C)C)OC(=O)CCCCCCCCCCCCCCCCCCCCC(C)C. The summed E-state index contributed by atoms with van der Waals surface area (Å²) in [7, 11) is 0. The number of hydrogen-bond donors (Lipinski definition) is 0. The van der Waals surface area contributed by atoms with E-state index in [-0.39, 0.29) is 31.1 Å². The van der Waals surface area contributed by atoms with E-state index >= 15 is 0 Å². The number of carbonyl (C=O) groups is 3. The molecule has 69 heavy (non-hydrogen) atoms. The summed E-state index contributed by atoms with van der Waals surface area (Å²) in [6.07, 6.45) is 61.0. The van der Waals surface area contributed by atoms with Gasteiger partial charge >= 0.3 is 17.9 Å². The Kier molecular flexibility index (Phi) is 54.4. The van der Waals surface area contributed by atoms with E-state index in [2.05, 4.69) is 34.6 Å². The molecule has 0 radical (unpaired) electrons. The fraction of sp³-hybridized carbons (Fsp3) is 0.952. The maximum absolute atomic E-state index is 12.9. The van der Waals surface area contributed by atoms with Crippen molar-refractivity contribution in [1.82, 2.24) is 0 Å². The van der Waals surface area contributed by atoms with Crippen molar-refractivity contribution in [1.29, 1.82) is 0 Å². The largest absolute Gasteiger partial charge is 0.462 e. The van der Waals surface area contributed by atoms with Crippen molar-refractivity contribution in [2.45, 2.75) is 362 Å². The van der Waals surface area contributed by atoms with Gasteiger partial charge in [-0.3, -0.25) is 14.4 Å². The Hall–Kier alpha value is -1.59. The van der Waals surface area contributed by atoms with E-state index in [9.17, 15) is 14.4 Å². The van der Waals surface area contributed by atoms with Crippen LogP contribution in [-0.4, -0.2) is 37.2 Å². The van der Waals surface area contributed by atoms with E-state index in [4.69, 9.17) is 14.2 Å². The molecule has 0 saturated heterocycles. The number of ether oxygens (including phenoxy) is 3. The normalized spacial score (nSPS) is 12.0. The van der Waals surface area contributed by atoms with Crippen LogP contribution in [-0.2, 0) is 28.6 Å². The van der Waals surface area contributed by atoms with Gasteiger partial charge < -0.3 is 14.2 Å². The Bertz CT molecular complexity index is 1060. The van der Waals surface area contributed by atoms with Gasteiger partial charge in [0.05, 0.1) is 0 Å². The van der Waals surface area contributed by atoms with E-state index in [1.54, 1.807) is 0 Å². The van der Waals surface area contributed by atoms with Crippen LogP contribution >= 0.6 is 0 Å². The van der Waals surface area contributed by atoms with Gasteiger partial charge in [-0.2, -0.15) is 0 Å². The van der Waals surface area contributed by atoms with E-state index < -0.39 is 6.10 Å². The van der Waals surface area contributed by atoms with Crippen LogP contribution in [0.25, 0.3) is 0 Å². The molecule has 0 bridgehead atoms. The molecule has 410 valence electrons. The molecule has 0 aliphatic rings. The van der Waals surface area contributed by atoms with Gasteiger partial charge in [0.15, 0.2) is 6.10 Å². The Balaban J connectivity index is 4.27. The zero-order valence-electron chi connectivity index (χ0n) is 47.5. The molecule has 0 aromatic carbocycles. The quantitative estimate of drug-likeness (QED) is 0.0343. The smallest absolute Gasteiger partial charge is 0.306 e. The number of carbonyl (C=O) groups excluding carboxylic acids is 3. The number of esters is 3. The van der Waals surface area contributed by atoms with Crippen molar-refractivity contribution in [3.05, 3.63) is 0 Å². The van der Waals surface area contributed by atoms with E-state index in [0.29, 0.717) is 19.3 Å². The lowest BCUT2D eigenvalue weighted by molar-refractivity contribution is -0.167. The summed E-state index contributed by atoms with van der Waals surface area (Å²) in [6, 6.07) is 0. The van der Waals surface area contributed by atoms with E-state index in [1.165, 1.54) is 244 Å². The molecular weight excluding hydrogens is 853 g/mol. The van der Waals surface area contributed by atoms with Crippen molar-refractivity contribution in [3.63, 3.8) is 0 Å². The lowest BCUT2D eigenvalue weighted by Gasteiger charge is -2.18. The summed E-state index contributed by atoms with van der Waals surface area (Å²) in [5, 5.41) is 0. The Labute approximate surface area is 431 Å². The van der Waals surface area contributed by atoms with Crippen LogP contribution in [0.5, 0.6) is 0 Å². The monoisotopic (exact) mass is 975 g/mol. The third-order valence-electron chi connectivity index (χ3n) is 14.5. The summed E-state index contributed by atoms with van der Waals surface area (Å²) in [6.45, 7) is 11.4. The minimum Gasteiger partial charge on any atom is -0.462 e. The van der Waals surface area contributed by atoms with Crippen molar-refractivity contribution in [3.8, 4) is 0 Å². The van der Waals surface area contributed by atoms with Crippen LogP contribution in [0.3, 0.4) is 0 Å². The summed E-state index contributed by atoms with van der Waals surface area (Å²) in [5.74, 6) is 0.859. The van der Waals surface area contributed by atoms with Crippen LogP contribution in [0.15, 0.2) is 0 Å². The topological polar surface area (TPSA) is 78.9 Å². The van der Waals surface area contributed by atoms with Gasteiger partial charge in [0.2, 0.25) is 0 Å². The molecule has 0 fully saturated rings. The van der Waals surface area contributed by atoms with Crippen LogP contribution in [0.2, 0.25) is 0 Å². The molecule has 0 heterocycles. The van der Waals surface area contributed by atoms with Gasteiger partial charge in [0.25, 0.3) is 0 Å². The predicted octanol–water partition coefficient (Wildman–Crippen LogP) is 20.8. The summed E-state index contributed by atoms with van der Waals surface area (Å²) >= 11 is 0. The molecule has 0 saturated carbocycles. The maximum Gasteiger partial charge on any atom is 0.306 e. The maximum atomic E-state index is 12.9. The summed E-state index contributed by atoms with van der Waals surface area (Å²) in [4.78, 5) is 38.3. The molecule has 0 amide bonds. The second-order valence-electron chi connectivity index (χ2n) is 22.6. The van der Waals surface area contributed by atoms with E-state index in [0.717, 1.165) is 69.6 Å². The van der Waals surface area contributed by atoms with Gasteiger partial charge in [-0.05, 0) is 31.1 Å². The number of unbranched alkanes of at least 4 members (excludes halogenated alkanes) is 42. The molecule has 0 aliphatic heterocycles. The van der Waals surface area contributed by atoms with Gasteiger partial charge in [-0.15, -0.1) is 0 Å². The van der Waals surface area contributed by atoms with Crippen LogP contribution in [0.4, 0.5) is 0 Å². The first-order valence-corrected chi connectivity index (χ1v) is 31.2. The molecule has 6 heteroatoms. The second-order valence-corrected chi connectivity index (χ2v) is 22.6. The van der Waals surface area contributed by atoms with Gasteiger partial charge in [0, 0.05) is 19.3 Å². The van der Waals surface area contributed by atoms with Crippen LogP contribution < -0.4 is 0 Å². The minimum absolute atomic E-state index is 0.0620. The third kappa shape index (κ3) is 57.2. The first kappa shape index (κ1) is 67.4. The molecule has 0 spiro atoms. The summed E-state index contributed by atoms with van der Waals surface area (Å²) in [5.41, 5.74) is 0. The van der Waals surface area contributed by atoms with Crippen molar-refractivity contribution >= 4 is 17.9 Å². The van der Waals surface area contributed by atoms with Crippen molar-refractivity contribution < 1.29 is 28.6 Å². The Morgan fingerprint density at radius 3 is 0.710 bits per heavy atom. The molecule has 0 unspecified atom stereocenters. The van der Waals surface area contributed by atoms with E-state index in [1.807, 2.05) is 0 Å². The molecule has 6 nitrogen and oxygen atoms in total. The average Bonchev–Trinajstić information content (AvgIpc) is 3.32. The zero-order valence-corrected chi connectivity index (χ0v) is 47.5. The van der Waals surface area contributed by atoms with Gasteiger partial charge in [-0.25, -0.2) is 0 Å². The van der Waals surface area contributed by atoms with Gasteiger partial charge in [0.1, 0.15) is 13.2 Å². The lowest BCUT2D eigenvalue weighted by Crippen LogP contribution is -2.30. The zero-order chi connectivity index (χ0) is 50.4. The first-order chi connectivity index (χ1) is 33.7. The molecule has 0 aliphatic carbocycles. The fourth-order valence-electron chi connectivity index (χ4n) is 9.76. The molecule has 1 atom stereocenters. The highest BCUT2D eigenvalue weighted by atomic mass is 16.6. The first-order valence-electron chi connectivity index (χ1n) is 31.2. The standard InChI is InChI=1S/C63H122O6/c1-6-7-8-9-10-11-12-13-18-22-28-33-38-43-48-53-61(64)67-56-60(57-68-62(65)54-49-44-39-34-29-25-24-27-32-37-42-47-52-59(4)5)69-63(66)55-50-45-40-35-30-23-20-17-15-14-16-19-21-26-31-36-41-46-51-58(2)3/h58-60H,6-57H2,1-5H3/t60-/m0/s1. The highest BCUT2D eigenvalue weighted by Crippen LogP contribution is 2.19. The number of rotatable bonds is 57. The second kappa shape index (κ2) is 55.7. The molecule has 0 rings (SSSR count). The van der Waals surface area contributed by atoms with Crippen LogP contribution in [0, 0.1) is 11.8 Å². The highest BCUT2D eigenvalue weighted by Gasteiger charge is 2.19. The summed E-state index contributed by atoms with van der Waals surface area (Å²) < 4.78 is 16.9.